The molecule has 6 heteroatoms. The Morgan fingerprint density at radius 1 is 1.09 bits per heavy atom. The second-order valence-electron chi connectivity index (χ2n) is 5.24. The Balaban J connectivity index is 0.000000154. The van der Waals surface area contributed by atoms with Crippen LogP contribution in [-0.4, -0.2) is 20.6 Å². The number of imidazole rings is 1. The van der Waals surface area contributed by atoms with Crippen LogP contribution in [0.5, 0.6) is 0 Å². The summed E-state index contributed by atoms with van der Waals surface area (Å²) in [6, 6.07) is 6.59. The van der Waals surface area contributed by atoms with Crippen molar-refractivity contribution in [1.82, 2.24) is 14.5 Å². The first-order valence-electron chi connectivity index (χ1n) is 7.09. The summed E-state index contributed by atoms with van der Waals surface area (Å²) in [5.41, 5.74) is 8.08. The molecule has 114 valence electrons. The third-order valence-corrected chi connectivity index (χ3v) is 3.59. The first-order chi connectivity index (χ1) is 10.6. The highest BCUT2D eigenvalue weighted by atomic mass is 19.1. The van der Waals surface area contributed by atoms with E-state index in [1.807, 2.05) is 12.3 Å². The van der Waals surface area contributed by atoms with Gasteiger partial charge < -0.3 is 10.3 Å². The van der Waals surface area contributed by atoms with Crippen LogP contribution in [0.4, 0.5) is 8.78 Å². The number of nitrogens with zero attached hydrogens (tertiary/aromatic N) is 3. The minimum atomic E-state index is -0.411. The molecule has 2 N–H and O–H groups in total. The van der Waals surface area contributed by atoms with Gasteiger partial charge in [0.25, 0.3) is 0 Å². The van der Waals surface area contributed by atoms with Crippen molar-refractivity contribution < 1.29 is 8.78 Å². The molecule has 1 aromatic carbocycles. The highest BCUT2D eigenvalue weighted by molar-refractivity contribution is 5.74. The molecule has 0 spiro atoms. The van der Waals surface area contributed by atoms with Gasteiger partial charge in [0.05, 0.1) is 11.7 Å². The summed E-state index contributed by atoms with van der Waals surface area (Å²) >= 11 is 0. The van der Waals surface area contributed by atoms with Crippen LogP contribution in [0.15, 0.2) is 42.7 Å². The molecule has 0 amide bonds. The van der Waals surface area contributed by atoms with Crippen molar-refractivity contribution in [1.29, 1.82) is 0 Å². The molecule has 3 heterocycles. The Morgan fingerprint density at radius 3 is 2.45 bits per heavy atom. The number of aromatic nitrogens is 3. The molecule has 4 rings (SSSR count). The Hall–Kier alpha value is -2.34. The quantitative estimate of drug-likeness (QED) is 0.694. The average Bonchev–Trinajstić information content (AvgIpc) is 2.89. The molecular formula is C16H16F2N4. The molecule has 0 aliphatic carbocycles. The van der Waals surface area contributed by atoms with E-state index in [0.29, 0.717) is 0 Å². The molecule has 2 aromatic heterocycles. The molecule has 1 aliphatic rings. The van der Waals surface area contributed by atoms with Gasteiger partial charge in [-0.2, -0.15) is 0 Å². The van der Waals surface area contributed by atoms with Crippen molar-refractivity contribution in [2.75, 3.05) is 0 Å². The summed E-state index contributed by atoms with van der Waals surface area (Å²) in [5.74, 6) is 0.326. The van der Waals surface area contributed by atoms with Gasteiger partial charge in [-0.25, -0.2) is 13.8 Å². The molecule has 0 saturated carbocycles. The van der Waals surface area contributed by atoms with Gasteiger partial charge in [-0.3, -0.25) is 4.98 Å². The zero-order chi connectivity index (χ0) is 15.5. The first-order valence-corrected chi connectivity index (χ1v) is 7.09. The lowest BCUT2D eigenvalue weighted by Crippen LogP contribution is -2.31. The van der Waals surface area contributed by atoms with Gasteiger partial charge in [-0.1, -0.05) is 0 Å². The maximum absolute atomic E-state index is 11.9. The lowest BCUT2D eigenvalue weighted by atomic mass is 10.1. The smallest absolute Gasteiger partial charge is 0.123 e. The van der Waals surface area contributed by atoms with Crippen LogP contribution in [-0.2, 0) is 13.0 Å². The molecule has 22 heavy (non-hydrogen) atoms. The summed E-state index contributed by atoms with van der Waals surface area (Å²) in [7, 11) is 0. The number of rotatable bonds is 0. The lowest BCUT2D eigenvalue weighted by Gasteiger charge is -2.20. The van der Waals surface area contributed by atoms with Gasteiger partial charge in [-0.05, 0) is 36.8 Å². The van der Waals surface area contributed by atoms with E-state index in [9.17, 15) is 8.78 Å². The molecule has 1 aliphatic heterocycles. The Bertz CT molecular complexity index is 746. The first kappa shape index (κ1) is 14.6. The molecule has 4 nitrogen and oxygen atoms in total. The summed E-state index contributed by atoms with van der Waals surface area (Å²) < 4.78 is 26.1. The second-order valence-corrected chi connectivity index (χ2v) is 5.24. The highest BCUT2D eigenvalue weighted by Crippen LogP contribution is 2.20. The van der Waals surface area contributed by atoms with E-state index in [0.717, 1.165) is 60.5 Å². The van der Waals surface area contributed by atoms with Gasteiger partial charge in [0.15, 0.2) is 0 Å². The third-order valence-electron chi connectivity index (χ3n) is 3.59. The topological polar surface area (TPSA) is 56.7 Å². The van der Waals surface area contributed by atoms with E-state index in [-0.39, 0.29) is 6.04 Å². The van der Waals surface area contributed by atoms with E-state index >= 15 is 0 Å². The van der Waals surface area contributed by atoms with E-state index in [4.69, 9.17) is 5.73 Å². The monoisotopic (exact) mass is 302 g/mol. The summed E-state index contributed by atoms with van der Waals surface area (Å²) in [6.45, 7) is 0.885. The van der Waals surface area contributed by atoms with Crippen molar-refractivity contribution in [3.05, 3.63) is 60.2 Å². The molecule has 0 radical (unpaired) electrons. The predicted molar refractivity (Wildman–Crippen MR) is 80.2 cm³/mol. The molecule has 0 unspecified atom stereocenters. The zero-order valence-electron chi connectivity index (χ0n) is 11.9. The number of aryl methyl sites for hydroxylation is 1. The molecule has 0 saturated heterocycles. The molecular weight excluding hydrogens is 286 g/mol. The number of hydrogen-bond acceptors (Lipinski definition) is 3. The molecule has 1 atom stereocenters. The Kier molecular flexibility index (Phi) is 4.11. The van der Waals surface area contributed by atoms with Crippen LogP contribution in [0.25, 0.3) is 11.0 Å². The standard InChI is InChI=1S/C10H12N4.C6H4F2/c11-7-1-2-10-13-8-5-12-4-3-9(8)14(10)6-7;7-5-1-2-6(8)4-3-5/h3-5,7H,1-2,6,11H2;1-4H/t7-;/m1./s1. The number of pyridine rings is 1. The zero-order valence-corrected chi connectivity index (χ0v) is 11.9. The van der Waals surface area contributed by atoms with Gasteiger partial charge in [0.2, 0.25) is 0 Å². The predicted octanol–water partition coefficient (Wildman–Crippen LogP) is 2.67. The van der Waals surface area contributed by atoms with E-state index in [1.54, 1.807) is 6.20 Å². The van der Waals surface area contributed by atoms with Crippen molar-refractivity contribution in [3.63, 3.8) is 0 Å². The number of hydrogen-bond donors (Lipinski definition) is 1. The van der Waals surface area contributed by atoms with Crippen LogP contribution in [0.2, 0.25) is 0 Å². The fraction of sp³-hybridized carbons (Fsp3) is 0.250. The maximum Gasteiger partial charge on any atom is 0.123 e. The lowest BCUT2D eigenvalue weighted by molar-refractivity contribution is 0.461. The molecule has 0 fully saturated rings. The number of nitrogens with two attached hydrogens (primary N) is 1. The maximum atomic E-state index is 11.9. The van der Waals surface area contributed by atoms with Crippen LogP contribution in [0, 0.1) is 11.6 Å². The van der Waals surface area contributed by atoms with Gasteiger partial charge in [0, 0.05) is 25.2 Å². The van der Waals surface area contributed by atoms with Crippen LogP contribution >= 0.6 is 0 Å². The number of benzene rings is 1. The van der Waals surface area contributed by atoms with Crippen LogP contribution in [0.1, 0.15) is 12.2 Å². The second kappa shape index (κ2) is 6.19. The summed E-state index contributed by atoms with van der Waals surface area (Å²) in [6.07, 6.45) is 5.64. The highest BCUT2D eigenvalue weighted by Gasteiger charge is 2.18. The van der Waals surface area contributed by atoms with E-state index in [1.165, 1.54) is 0 Å². The Morgan fingerprint density at radius 2 is 1.77 bits per heavy atom. The van der Waals surface area contributed by atoms with Crippen molar-refractivity contribution >= 4 is 11.0 Å². The fourth-order valence-corrected chi connectivity index (χ4v) is 2.50. The SMILES string of the molecule is Fc1ccc(F)cc1.N[C@@H]1CCc2nc3cnccc3n2C1. The van der Waals surface area contributed by atoms with Crippen molar-refractivity contribution in [3.8, 4) is 0 Å². The minimum absolute atomic E-state index is 0.271. The fourth-order valence-electron chi connectivity index (χ4n) is 2.50. The van der Waals surface area contributed by atoms with Gasteiger partial charge in [0.1, 0.15) is 23.0 Å². The largest absolute Gasteiger partial charge is 0.326 e. The van der Waals surface area contributed by atoms with Crippen molar-refractivity contribution in [2.45, 2.75) is 25.4 Å². The molecule has 3 aromatic rings. The molecule has 0 bridgehead atoms. The van der Waals surface area contributed by atoms with E-state index in [2.05, 4.69) is 14.5 Å². The van der Waals surface area contributed by atoms with Gasteiger partial charge >= 0.3 is 0 Å². The normalized spacial score (nSPS) is 16.8. The van der Waals surface area contributed by atoms with E-state index < -0.39 is 11.6 Å². The summed E-state index contributed by atoms with van der Waals surface area (Å²) in [4.78, 5) is 8.60. The van der Waals surface area contributed by atoms with Crippen LogP contribution < -0.4 is 5.73 Å². The Labute approximate surface area is 126 Å². The van der Waals surface area contributed by atoms with Gasteiger partial charge in [-0.15, -0.1) is 0 Å². The van der Waals surface area contributed by atoms with Crippen LogP contribution in [0.3, 0.4) is 0 Å². The average molecular weight is 302 g/mol. The third kappa shape index (κ3) is 3.12. The minimum Gasteiger partial charge on any atom is -0.326 e. The van der Waals surface area contributed by atoms with Crippen molar-refractivity contribution in [2.24, 2.45) is 5.73 Å². The summed E-state index contributed by atoms with van der Waals surface area (Å²) in [5, 5.41) is 0. The number of halogens is 2. The number of fused-ring (bicyclic) bond motifs is 3.